The minimum absolute atomic E-state index is 0.180. The molecule has 2 amide bonds. The molecule has 1 aromatic rings. The first kappa shape index (κ1) is 18.2. The van der Waals surface area contributed by atoms with E-state index in [2.05, 4.69) is 35.4 Å². The largest absolute Gasteiger partial charge is 0.383 e. The fourth-order valence-electron chi connectivity index (χ4n) is 4.14. The second-order valence-corrected chi connectivity index (χ2v) is 8.06. The monoisotopic (exact) mass is 345 g/mol. The summed E-state index contributed by atoms with van der Waals surface area (Å²) in [7, 11) is 0. The lowest BCUT2D eigenvalue weighted by molar-refractivity contribution is 0.0412. The van der Waals surface area contributed by atoms with E-state index in [0.717, 1.165) is 38.0 Å². The molecule has 2 unspecified atom stereocenters. The van der Waals surface area contributed by atoms with Crippen LogP contribution < -0.4 is 10.6 Å². The van der Waals surface area contributed by atoms with Crippen molar-refractivity contribution >= 4 is 6.03 Å². The standard InChI is InChI=1S/C20H31N3O2/c1-15(2)12-23-10-8-16(13-23)11-21-19(24)22-14-20(25)9-7-17-5-3-4-6-18(17)20/h3-6,15-16,25H,7-14H2,1-2H3,(H2,21,22,24). The van der Waals surface area contributed by atoms with Crippen molar-refractivity contribution in [1.82, 2.24) is 15.5 Å². The van der Waals surface area contributed by atoms with Crippen molar-refractivity contribution in [3.8, 4) is 0 Å². The van der Waals surface area contributed by atoms with Gasteiger partial charge < -0.3 is 20.6 Å². The van der Waals surface area contributed by atoms with Crippen LogP contribution in [0.25, 0.3) is 0 Å². The van der Waals surface area contributed by atoms with Crippen LogP contribution in [0, 0.1) is 11.8 Å². The predicted molar refractivity (Wildman–Crippen MR) is 99.4 cm³/mol. The summed E-state index contributed by atoms with van der Waals surface area (Å²) in [5, 5.41) is 16.7. The molecule has 1 fully saturated rings. The van der Waals surface area contributed by atoms with E-state index in [4.69, 9.17) is 0 Å². The average Bonchev–Trinajstić information content (AvgIpc) is 3.16. The van der Waals surface area contributed by atoms with Gasteiger partial charge in [0.1, 0.15) is 5.60 Å². The van der Waals surface area contributed by atoms with E-state index in [1.807, 2.05) is 18.2 Å². The molecule has 1 saturated heterocycles. The Bertz CT molecular complexity index is 604. The van der Waals surface area contributed by atoms with Gasteiger partial charge in [-0.25, -0.2) is 4.79 Å². The zero-order valence-electron chi connectivity index (χ0n) is 15.4. The summed E-state index contributed by atoms with van der Waals surface area (Å²) in [6.07, 6.45) is 2.67. The Kier molecular flexibility index (Phi) is 5.64. The van der Waals surface area contributed by atoms with Crippen LogP contribution in [-0.2, 0) is 12.0 Å². The minimum Gasteiger partial charge on any atom is -0.383 e. The van der Waals surface area contributed by atoms with Crippen molar-refractivity contribution in [3.63, 3.8) is 0 Å². The number of fused-ring (bicyclic) bond motifs is 1. The zero-order valence-corrected chi connectivity index (χ0v) is 15.4. The molecular formula is C20H31N3O2. The lowest BCUT2D eigenvalue weighted by Crippen LogP contribution is -2.45. The Hall–Kier alpha value is -1.59. The molecule has 25 heavy (non-hydrogen) atoms. The topological polar surface area (TPSA) is 64.6 Å². The number of urea groups is 1. The number of hydrogen-bond acceptors (Lipinski definition) is 3. The molecular weight excluding hydrogens is 314 g/mol. The maximum atomic E-state index is 12.1. The summed E-state index contributed by atoms with van der Waals surface area (Å²) in [5.74, 6) is 1.21. The van der Waals surface area contributed by atoms with Crippen LogP contribution in [0.1, 0.15) is 37.8 Å². The van der Waals surface area contributed by atoms with Crippen LogP contribution in [0.15, 0.2) is 24.3 Å². The smallest absolute Gasteiger partial charge is 0.314 e. The van der Waals surface area contributed by atoms with Gasteiger partial charge in [0, 0.05) is 19.6 Å². The van der Waals surface area contributed by atoms with Gasteiger partial charge in [-0.15, -0.1) is 0 Å². The van der Waals surface area contributed by atoms with Crippen LogP contribution in [0.5, 0.6) is 0 Å². The first-order valence-corrected chi connectivity index (χ1v) is 9.51. The summed E-state index contributed by atoms with van der Waals surface area (Å²) >= 11 is 0. The predicted octanol–water partition coefficient (Wildman–Crippen LogP) is 2.10. The fourth-order valence-corrected chi connectivity index (χ4v) is 4.14. The van der Waals surface area contributed by atoms with Crippen LogP contribution >= 0.6 is 0 Å². The summed E-state index contributed by atoms with van der Waals surface area (Å²) in [5.41, 5.74) is 1.20. The highest BCUT2D eigenvalue weighted by Gasteiger charge is 2.36. The van der Waals surface area contributed by atoms with Crippen molar-refractivity contribution < 1.29 is 9.90 Å². The number of amides is 2. The molecule has 0 radical (unpaired) electrons. The van der Waals surface area contributed by atoms with E-state index in [-0.39, 0.29) is 12.6 Å². The van der Waals surface area contributed by atoms with E-state index in [1.54, 1.807) is 0 Å². The van der Waals surface area contributed by atoms with Crippen molar-refractivity contribution in [3.05, 3.63) is 35.4 Å². The SMILES string of the molecule is CC(C)CN1CCC(CNC(=O)NCC2(O)CCc3ccccc32)C1. The van der Waals surface area contributed by atoms with Gasteiger partial charge in [-0.05, 0) is 48.8 Å². The number of carbonyl (C=O) groups is 1. The molecule has 1 aliphatic heterocycles. The van der Waals surface area contributed by atoms with E-state index in [0.29, 0.717) is 24.8 Å². The number of hydrogen-bond donors (Lipinski definition) is 3. The maximum absolute atomic E-state index is 12.1. The number of aryl methyl sites for hydroxylation is 1. The Morgan fingerprint density at radius 1 is 1.36 bits per heavy atom. The summed E-state index contributed by atoms with van der Waals surface area (Å²) in [6.45, 7) is 8.78. The van der Waals surface area contributed by atoms with Crippen LogP contribution in [0.4, 0.5) is 4.79 Å². The Labute approximate surface area is 150 Å². The number of carbonyl (C=O) groups excluding carboxylic acids is 1. The van der Waals surface area contributed by atoms with Gasteiger partial charge in [-0.2, -0.15) is 0 Å². The summed E-state index contributed by atoms with van der Waals surface area (Å²) in [4.78, 5) is 14.6. The lowest BCUT2D eigenvalue weighted by Gasteiger charge is -2.24. The Morgan fingerprint density at radius 3 is 2.96 bits per heavy atom. The fraction of sp³-hybridized carbons (Fsp3) is 0.650. The van der Waals surface area contributed by atoms with Crippen LogP contribution in [0.3, 0.4) is 0 Å². The molecule has 1 heterocycles. The Balaban J connectivity index is 1.41. The molecule has 0 bridgehead atoms. The molecule has 1 aromatic carbocycles. The molecule has 2 aliphatic rings. The number of aliphatic hydroxyl groups is 1. The van der Waals surface area contributed by atoms with Crippen LogP contribution in [0.2, 0.25) is 0 Å². The lowest BCUT2D eigenvalue weighted by atomic mass is 9.96. The summed E-state index contributed by atoms with van der Waals surface area (Å²) in [6, 6.07) is 7.77. The van der Waals surface area contributed by atoms with E-state index in [9.17, 15) is 9.90 Å². The van der Waals surface area contributed by atoms with Gasteiger partial charge >= 0.3 is 6.03 Å². The second-order valence-electron chi connectivity index (χ2n) is 8.06. The molecule has 0 saturated carbocycles. The normalized spacial score (nSPS) is 26.0. The van der Waals surface area contributed by atoms with Gasteiger partial charge in [0.05, 0.1) is 6.54 Å². The first-order chi connectivity index (χ1) is 12.0. The average molecular weight is 345 g/mol. The highest BCUT2D eigenvalue weighted by atomic mass is 16.3. The second kappa shape index (κ2) is 7.75. The third-order valence-corrected chi connectivity index (χ3v) is 5.41. The molecule has 3 N–H and O–H groups in total. The molecule has 0 spiro atoms. The minimum atomic E-state index is -0.935. The number of likely N-dealkylation sites (tertiary alicyclic amines) is 1. The van der Waals surface area contributed by atoms with Gasteiger partial charge in [0.25, 0.3) is 0 Å². The van der Waals surface area contributed by atoms with Crippen molar-refractivity contribution in [2.75, 3.05) is 32.7 Å². The maximum Gasteiger partial charge on any atom is 0.314 e. The first-order valence-electron chi connectivity index (χ1n) is 9.51. The third-order valence-electron chi connectivity index (χ3n) is 5.41. The number of rotatable bonds is 6. The number of nitrogens with one attached hydrogen (secondary N) is 2. The van der Waals surface area contributed by atoms with E-state index < -0.39 is 5.60 Å². The third kappa shape index (κ3) is 4.53. The van der Waals surface area contributed by atoms with Crippen LogP contribution in [-0.4, -0.2) is 48.8 Å². The Morgan fingerprint density at radius 2 is 2.16 bits per heavy atom. The number of benzene rings is 1. The molecule has 138 valence electrons. The molecule has 1 aliphatic carbocycles. The van der Waals surface area contributed by atoms with Gasteiger partial charge in [-0.1, -0.05) is 38.1 Å². The van der Waals surface area contributed by atoms with Crippen molar-refractivity contribution in [2.24, 2.45) is 11.8 Å². The molecule has 5 nitrogen and oxygen atoms in total. The van der Waals surface area contributed by atoms with Crippen molar-refractivity contribution in [1.29, 1.82) is 0 Å². The van der Waals surface area contributed by atoms with E-state index >= 15 is 0 Å². The summed E-state index contributed by atoms with van der Waals surface area (Å²) < 4.78 is 0. The van der Waals surface area contributed by atoms with Crippen molar-refractivity contribution in [2.45, 2.75) is 38.7 Å². The molecule has 5 heteroatoms. The molecule has 2 atom stereocenters. The quantitative estimate of drug-likeness (QED) is 0.740. The highest BCUT2D eigenvalue weighted by Crippen LogP contribution is 2.36. The molecule has 0 aromatic heterocycles. The molecule has 3 rings (SSSR count). The number of nitrogens with zero attached hydrogens (tertiary/aromatic N) is 1. The van der Waals surface area contributed by atoms with E-state index in [1.165, 1.54) is 5.56 Å². The van der Waals surface area contributed by atoms with Gasteiger partial charge in [-0.3, -0.25) is 0 Å². The highest BCUT2D eigenvalue weighted by molar-refractivity contribution is 5.74. The zero-order chi connectivity index (χ0) is 17.9. The van der Waals surface area contributed by atoms with Gasteiger partial charge in [0.15, 0.2) is 0 Å². The van der Waals surface area contributed by atoms with Gasteiger partial charge in [0.2, 0.25) is 0 Å².